The van der Waals surface area contributed by atoms with Crippen molar-refractivity contribution >= 4 is 21.7 Å². The van der Waals surface area contributed by atoms with Crippen molar-refractivity contribution in [2.75, 3.05) is 0 Å². The van der Waals surface area contributed by atoms with E-state index in [0.717, 1.165) is 24.1 Å². The highest BCUT2D eigenvalue weighted by Crippen LogP contribution is 2.39. The zero-order chi connectivity index (χ0) is 28.9. The maximum Gasteiger partial charge on any atom is 0.344 e. The first-order valence-corrected chi connectivity index (χ1v) is 17.3. The summed E-state index contributed by atoms with van der Waals surface area (Å²) in [6.07, 6.45) is 26.5. The topological polar surface area (TPSA) is 30.2 Å². The van der Waals surface area contributed by atoms with Crippen molar-refractivity contribution in [1.82, 2.24) is 0 Å². The molecule has 1 aliphatic rings. The maximum atomic E-state index is 15.4. The van der Waals surface area contributed by atoms with Crippen molar-refractivity contribution in [3.8, 4) is 0 Å². The van der Waals surface area contributed by atoms with Crippen LogP contribution in [-0.4, -0.2) is 0 Å². The molecule has 0 aliphatic heterocycles. The van der Waals surface area contributed by atoms with E-state index in [2.05, 4.69) is 19.9 Å². The number of halogens is 1. The van der Waals surface area contributed by atoms with Crippen LogP contribution in [0.15, 0.2) is 39.5 Å². The number of hydrogen-bond donors (Lipinski definition) is 0. The van der Waals surface area contributed by atoms with E-state index in [4.69, 9.17) is 4.42 Å². The summed E-state index contributed by atoms with van der Waals surface area (Å²) in [6.45, 7) is 4.52. The van der Waals surface area contributed by atoms with Gasteiger partial charge in [-0.3, -0.25) is 0 Å². The van der Waals surface area contributed by atoms with Crippen LogP contribution < -0.4 is 5.63 Å². The lowest BCUT2D eigenvalue weighted by molar-refractivity contribution is 0.302. The highest BCUT2D eigenvalue weighted by molar-refractivity contribution is 6.04. The van der Waals surface area contributed by atoms with Gasteiger partial charge in [-0.15, -0.1) is 0 Å². The van der Waals surface area contributed by atoms with Crippen LogP contribution in [0.5, 0.6) is 0 Å². The lowest BCUT2D eigenvalue weighted by Gasteiger charge is -2.29. The van der Waals surface area contributed by atoms with Crippen LogP contribution in [0, 0.1) is 11.7 Å². The summed E-state index contributed by atoms with van der Waals surface area (Å²) < 4.78 is 21.1. The fraction of sp³-hybridized carbons (Fsp3) is 0.658. The predicted molar refractivity (Wildman–Crippen MR) is 174 cm³/mol. The van der Waals surface area contributed by atoms with E-state index in [1.165, 1.54) is 121 Å². The predicted octanol–water partition coefficient (Wildman–Crippen LogP) is 12.2. The Hall–Kier alpha value is -2.16. The summed E-state index contributed by atoms with van der Waals surface area (Å²) in [5, 5.41) is 2.11. The molecule has 1 heterocycles. The molecule has 0 unspecified atom stereocenters. The van der Waals surface area contributed by atoms with E-state index in [9.17, 15) is 4.79 Å². The van der Waals surface area contributed by atoms with Crippen molar-refractivity contribution in [2.45, 2.75) is 155 Å². The van der Waals surface area contributed by atoms with Crippen LogP contribution in [-0.2, 0) is 6.42 Å². The molecule has 3 aromatic rings. The summed E-state index contributed by atoms with van der Waals surface area (Å²) in [5.74, 6) is 1.01. The van der Waals surface area contributed by atoms with Gasteiger partial charge in [-0.05, 0) is 67.6 Å². The van der Waals surface area contributed by atoms with Crippen molar-refractivity contribution in [1.29, 1.82) is 0 Å². The molecule has 1 fully saturated rings. The molecule has 2 aromatic carbocycles. The minimum atomic E-state index is -0.412. The van der Waals surface area contributed by atoms with E-state index >= 15 is 4.39 Å². The number of hydrogen-bond acceptors (Lipinski definition) is 2. The molecule has 1 aromatic heterocycles. The van der Waals surface area contributed by atoms with E-state index in [1.54, 1.807) is 0 Å². The minimum Gasteiger partial charge on any atom is -0.419 e. The van der Waals surface area contributed by atoms with Crippen LogP contribution in [0.4, 0.5) is 4.39 Å². The first kappa shape index (κ1) is 31.8. The molecule has 1 aliphatic carbocycles. The molecular weight excluding hydrogens is 507 g/mol. The van der Waals surface area contributed by atoms with Crippen molar-refractivity contribution in [3.63, 3.8) is 0 Å². The van der Waals surface area contributed by atoms with E-state index < -0.39 is 5.63 Å². The van der Waals surface area contributed by atoms with E-state index in [0.29, 0.717) is 28.7 Å². The average molecular weight is 563 g/mol. The second-order valence-electron chi connectivity index (χ2n) is 13.0. The summed E-state index contributed by atoms with van der Waals surface area (Å²) in [6, 6.07) is 10.1. The zero-order valence-electron chi connectivity index (χ0n) is 26.1. The number of rotatable bonds is 18. The molecule has 0 radical (unpaired) electrons. The summed E-state index contributed by atoms with van der Waals surface area (Å²) in [7, 11) is 0. The van der Waals surface area contributed by atoms with Crippen LogP contribution >= 0.6 is 0 Å². The van der Waals surface area contributed by atoms with Gasteiger partial charge in [-0.2, -0.15) is 0 Å². The smallest absolute Gasteiger partial charge is 0.344 e. The standard InChI is InChI=1S/C38H55FO2/c1-3-5-7-9-11-13-15-17-19-31-24-27-34-33-26-25-32(28-35(33)38(40)41-37(34)36(31)39)30-22-20-29(21-23-30)18-16-14-12-10-8-6-4-2/h24-30H,3-23H2,1-2H3. The Bertz CT molecular complexity index is 1250. The molecule has 0 atom stereocenters. The van der Waals surface area contributed by atoms with Crippen molar-refractivity contribution < 1.29 is 8.81 Å². The zero-order valence-corrected chi connectivity index (χ0v) is 26.1. The molecule has 41 heavy (non-hydrogen) atoms. The normalized spacial score (nSPS) is 17.5. The first-order valence-electron chi connectivity index (χ1n) is 17.3. The van der Waals surface area contributed by atoms with Gasteiger partial charge in [-0.1, -0.05) is 134 Å². The number of aryl methyl sites for hydroxylation is 1. The maximum absolute atomic E-state index is 15.4. The molecule has 0 saturated heterocycles. The Morgan fingerprint density at radius 3 is 1.93 bits per heavy atom. The van der Waals surface area contributed by atoms with Gasteiger partial charge < -0.3 is 4.42 Å². The molecule has 4 rings (SSSR count). The average Bonchev–Trinajstić information content (AvgIpc) is 2.99. The highest BCUT2D eigenvalue weighted by atomic mass is 19.1. The van der Waals surface area contributed by atoms with Gasteiger partial charge in [0.15, 0.2) is 11.4 Å². The molecule has 1 saturated carbocycles. The summed E-state index contributed by atoms with van der Waals surface area (Å²) >= 11 is 0. The fourth-order valence-electron chi connectivity index (χ4n) is 7.09. The Morgan fingerprint density at radius 2 is 1.27 bits per heavy atom. The highest BCUT2D eigenvalue weighted by Gasteiger charge is 2.23. The lowest BCUT2D eigenvalue weighted by atomic mass is 9.76. The molecule has 226 valence electrons. The quantitative estimate of drug-likeness (QED) is 0.0876. The molecule has 0 spiro atoms. The van der Waals surface area contributed by atoms with E-state index in [-0.39, 0.29) is 11.4 Å². The van der Waals surface area contributed by atoms with Gasteiger partial charge in [0.1, 0.15) is 0 Å². The second kappa shape index (κ2) is 17.1. The SMILES string of the molecule is CCCCCCCCCCc1ccc2c(oc(=O)c3cc(C4CCC(CCCCCCCCC)CC4)ccc32)c1F. The van der Waals surface area contributed by atoms with Gasteiger partial charge in [0.2, 0.25) is 0 Å². The minimum absolute atomic E-state index is 0.123. The van der Waals surface area contributed by atoms with Crippen LogP contribution in [0.1, 0.15) is 159 Å². The molecule has 0 N–H and O–H groups in total. The van der Waals surface area contributed by atoms with Crippen molar-refractivity contribution in [3.05, 3.63) is 57.7 Å². The molecule has 2 nitrogen and oxygen atoms in total. The largest absolute Gasteiger partial charge is 0.419 e. The Morgan fingerprint density at radius 1 is 0.683 bits per heavy atom. The van der Waals surface area contributed by atoms with Gasteiger partial charge in [0.05, 0.1) is 5.39 Å². The Kier molecular flexibility index (Phi) is 13.2. The van der Waals surface area contributed by atoms with Gasteiger partial charge in [0, 0.05) is 10.8 Å². The van der Waals surface area contributed by atoms with Crippen molar-refractivity contribution in [2.24, 2.45) is 5.92 Å². The van der Waals surface area contributed by atoms with Crippen LogP contribution in [0.2, 0.25) is 0 Å². The van der Waals surface area contributed by atoms with Gasteiger partial charge in [-0.25, -0.2) is 9.18 Å². The fourth-order valence-corrected chi connectivity index (χ4v) is 7.09. The van der Waals surface area contributed by atoms with E-state index in [1.807, 2.05) is 24.3 Å². The Labute approximate surface area is 248 Å². The van der Waals surface area contributed by atoms with Crippen LogP contribution in [0.3, 0.4) is 0 Å². The summed E-state index contributed by atoms with van der Waals surface area (Å²) in [4.78, 5) is 13.0. The second-order valence-corrected chi connectivity index (χ2v) is 13.0. The number of fused-ring (bicyclic) bond motifs is 3. The third-order valence-corrected chi connectivity index (χ3v) is 9.76. The monoisotopic (exact) mass is 562 g/mol. The van der Waals surface area contributed by atoms with Gasteiger partial charge in [0.25, 0.3) is 0 Å². The lowest BCUT2D eigenvalue weighted by Crippen LogP contribution is -2.14. The summed E-state index contributed by atoms with van der Waals surface area (Å²) in [5.41, 5.74) is 1.62. The van der Waals surface area contributed by atoms with Crippen LogP contribution in [0.25, 0.3) is 21.7 Å². The molecule has 0 bridgehead atoms. The molecular formula is C38H55FO2. The molecule has 3 heteroatoms. The van der Waals surface area contributed by atoms with Gasteiger partial charge >= 0.3 is 5.63 Å². The molecule has 0 amide bonds. The number of benzene rings is 2. The number of unbranched alkanes of at least 4 members (excludes halogenated alkanes) is 13. The third kappa shape index (κ3) is 9.16. The first-order chi connectivity index (χ1) is 20.1. The Balaban J connectivity index is 1.31. The third-order valence-electron chi connectivity index (χ3n) is 9.76.